The van der Waals surface area contributed by atoms with E-state index < -0.39 is 0 Å². The highest BCUT2D eigenvalue weighted by atomic mass is 35.5. The van der Waals surface area contributed by atoms with Crippen molar-refractivity contribution < 1.29 is 9.53 Å². The molecule has 1 unspecified atom stereocenters. The Morgan fingerprint density at radius 3 is 2.88 bits per heavy atom. The molecule has 0 heterocycles. The molecule has 2 aromatic rings. The number of benzene rings is 2. The first-order valence-corrected chi connectivity index (χ1v) is 8.47. The van der Waals surface area contributed by atoms with E-state index in [0.717, 1.165) is 36.1 Å². The van der Waals surface area contributed by atoms with Crippen molar-refractivity contribution >= 4 is 35.6 Å². The lowest BCUT2D eigenvalue weighted by Gasteiger charge is -2.26. The molecule has 1 atom stereocenters. The summed E-state index contributed by atoms with van der Waals surface area (Å²) in [6.07, 6.45) is 2.98. The topological polar surface area (TPSA) is 64.3 Å². The van der Waals surface area contributed by atoms with Crippen molar-refractivity contribution in [1.29, 1.82) is 0 Å². The summed E-state index contributed by atoms with van der Waals surface area (Å²) >= 11 is 5.92. The number of aryl methyl sites for hydroxylation is 2. The number of nitrogens with one attached hydrogen (secondary N) is 1. The molecule has 0 spiro atoms. The van der Waals surface area contributed by atoms with Gasteiger partial charge in [0.2, 0.25) is 0 Å². The fraction of sp³-hybridized carbons (Fsp3) is 0.316. The monoisotopic (exact) mass is 380 g/mol. The van der Waals surface area contributed by atoms with Gasteiger partial charge >= 0.3 is 0 Å². The van der Waals surface area contributed by atoms with Crippen LogP contribution < -0.4 is 15.8 Å². The number of fused-ring (bicyclic) bond motifs is 1. The third-order valence-corrected chi connectivity index (χ3v) is 4.55. The molecular weight excluding hydrogens is 359 g/mol. The molecule has 1 amide bonds. The zero-order chi connectivity index (χ0) is 17.1. The quantitative estimate of drug-likeness (QED) is 0.780. The van der Waals surface area contributed by atoms with E-state index in [0.29, 0.717) is 10.8 Å². The van der Waals surface area contributed by atoms with Gasteiger partial charge in [-0.15, -0.1) is 12.4 Å². The third kappa shape index (κ3) is 4.80. The summed E-state index contributed by atoms with van der Waals surface area (Å²) in [5, 5.41) is 3.72. The first-order valence-electron chi connectivity index (χ1n) is 8.09. The molecule has 0 fully saturated rings. The van der Waals surface area contributed by atoms with Gasteiger partial charge in [0, 0.05) is 10.7 Å². The zero-order valence-corrected chi connectivity index (χ0v) is 15.6. The van der Waals surface area contributed by atoms with Crippen LogP contribution in [0.2, 0.25) is 5.02 Å². The number of anilines is 1. The first-order chi connectivity index (χ1) is 11.5. The Hall–Kier alpha value is -1.91. The summed E-state index contributed by atoms with van der Waals surface area (Å²) in [7, 11) is 0. The van der Waals surface area contributed by atoms with Crippen LogP contribution in [0, 0.1) is 6.92 Å². The van der Waals surface area contributed by atoms with Crippen molar-refractivity contribution in [1.82, 2.24) is 5.32 Å². The van der Waals surface area contributed by atoms with Crippen LogP contribution in [0.4, 0.5) is 5.69 Å². The maximum atomic E-state index is 12.3. The average Bonchev–Trinajstić information content (AvgIpc) is 2.54. The van der Waals surface area contributed by atoms with Crippen LogP contribution in [0.25, 0.3) is 0 Å². The van der Waals surface area contributed by atoms with E-state index in [-0.39, 0.29) is 31.0 Å². The number of nitrogens with two attached hydrogens (primary N) is 1. The predicted octanol–water partition coefficient (Wildman–Crippen LogP) is 4.23. The van der Waals surface area contributed by atoms with Crippen molar-refractivity contribution in [2.45, 2.75) is 32.2 Å². The molecule has 1 aliphatic rings. The average molecular weight is 381 g/mol. The minimum absolute atomic E-state index is 0. The van der Waals surface area contributed by atoms with Crippen molar-refractivity contribution in [3.63, 3.8) is 0 Å². The summed E-state index contributed by atoms with van der Waals surface area (Å²) in [6, 6.07) is 11.3. The minimum atomic E-state index is -0.126. The van der Waals surface area contributed by atoms with Gasteiger partial charge < -0.3 is 15.8 Å². The highest BCUT2D eigenvalue weighted by Gasteiger charge is 2.22. The van der Waals surface area contributed by atoms with Gasteiger partial charge in [0.25, 0.3) is 5.91 Å². The van der Waals surface area contributed by atoms with E-state index in [2.05, 4.69) is 5.32 Å². The van der Waals surface area contributed by atoms with Crippen LogP contribution in [-0.4, -0.2) is 12.5 Å². The van der Waals surface area contributed by atoms with Crippen molar-refractivity contribution in [2.75, 3.05) is 12.3 Å². The second kappa shape index (κ2) is 8.45. The molecule has 0 aromatic heterocycles. The second-order valence-corrected chi connectivity index (χ2v) is 6.61. The molecule has 3 rings (SSSR count). The van der Waals surface area contributed by atoms with Gasteiger partial charge in [-0.2, -0.15) is 0 Å². The van der Waals surface area contributed by atoms with E-state index in [1.165, 1.54) is 5.56 Å². The molecule has 25 heavy (non-hydrogen) atoms. The van der Waals surface area contributed by atoms with Crippen LogP contribution in [0.1, 0.15) is 35.6 Å². The Balaban J connectivity index is 0.00000225. The molecule has 134 valence electrons. The van der Waals surface area contributed by atoms with E-state index in [4.69, 9.17) is 22.1 Å². The van der Waals surface area contributed by atoms with Crippen LogP contribution in [0.5, 0.6) is 5.75 Å². The lowest BCUT2D eigenvalue weighted by molar-refractivity contribution is -0.124. The van der Waals surface area contributed by atoms with Gasteiger partial charge in [-0.25, -0.2) is 0 Å². The van der Waals surface area contributed by atoms with Gasteiger partial charge in [-0.1, -0.05) is 17.7 Å². The zero-order valence-electron chi connectivity index (χ0n) is 14.0. The fourth-order valence-electron chi connectivity index (χ4n) is 3.14. The fourth-order valence-corrected chi connectivity index (χ4v) is 3.36. The van der Waals surface area contributed by atoms with E-state index >= 15 is 0 Å². The number of hydrogen-bond acceptors (Lipinski definition) is 3. The SMILES string of the molecule is Cc1cc(Cl)ccc1OCC(=O)NC1CCCc2cc(N)ccc21.Cl. The second-order valence-electron chi connectivity index (χ2n) is 6.17. The van der Waals surface area contributed by atoms with Gasteiger partial charge in [0.05, 0.1) is 6.04 Å². The summed E-state index contributed by atoms with van der Waals surface area (Å²) in [5.74, 6) is 0.547. The number of amides is 1. The van der Waals surface area contributed by atoms with Crippen molar-refractivity contribution in [3.05, 3.63) is 58.1 Å². The highest BCUT2D eigenvalue weighted by molar-refractivity contribution is 6.30. The molecule has 4 nitrogen and oxygen atoms in total. The first kappa shape index (κ1) is 19.4. The molecule has 0 aliphatic heterocycles. The molecule has 1 aliphatic carbocycles. The minimum Gasteiger partial charge on any atom is -0.484 e. The Morgan fingerprint density at radius 2 is 2.12 bits per heavy atom. The van der Waals surface area contributed by atoms with Gasteiger partial charge in [0.1, 0.15) is 5.75 Å². The maximum Gasteiger partial charge on any atom is 0.258 e. The van der Waals surface area contributed by atoms with E-state index in [1.807, 2.05) is 31.2 Å². The molecular formula is C19H22Cl2N2O2. The van der Waals surface area contributed by atoms with Gasteiger partial charge in [0.15, 0.2) is 6.61 Å². The summed E-state index contributed by atoms with van der Waals surface area (Å²) in [6.45, 7) is 1.89. The third-order valence-electron chi connectivity index (χ3n) is 4.31. The Morgan fingerprint density at radius 1 is 1.32 bits per heavy atom. The van der Waals surface area contributed by atoms with Crippen LogP contribution in [0.15, 0.2) is 36.4 Å². The summed E-state index contributed by atoms with van der Waals surface area (Å²) < 4.78 is 5.61. The number of hydrogen-bond donors (Lipinski definition) is 2. The van der Waals surface area contributed by atoms with E-state index in [9.17, 15) is 4.79 Å². The van der Waals surface area contributed by atoms with Crippen LogP contribution in [-0.2, 0) is 11.2 Å². The van der Waals surface area contributed by atoms with Crippen molar-refractivity contribution in [2.24, 2.45) is 0 Å². The predicted molar refractivity (Wildman–Crippen MR) is 104 cm³/mol. The number of nitrogen functional groups attached to an aromatic ring is 1. The number of carbonyl (C=O) groups excluding carboxylic acids is 1. The largest absolute Gasteiger partial charge is 0.484 e. The van der Waals surface area contributed by atoms with Crippen molar-refractivity contribution in [3.8, 4) is 5.75 Å². The van der Waals surface area contributed by atoms with Gasteiger partial charge in [-0.05, 0) is 73.2 Å². The lowest BCUT2D eigenvalue weighted by atomic mass is 9.87. The molecule has 0 saturated heterocycles. The van der Waals surface area contributed by atoms with Crippen LogP contribution >= 0.6 is 24.0 Å². The lowest BCUT2D eigenvalue weighted by Crippen LogP contribution is -2.34. The van der Waals surface area contributed by atoms with Gasteiger partial charge in [-0.3, -0.25) is 4.79 Å². The standard InChI is InChI=1S/C19H21ClN2O2.ClH/c1-12-9-14(20)5-8-18(12)24-11-19(23)22-17-4-2-3-13-10-15(21)6-7-16(13)17;/h5-10,17H,2-4,11,21H2,1H3,(H,22,23);1H. The molecule has 0 saturated carbocycles. The number of rotatable bonds is 4. The molecule has 0 bridgehead atoms. The number of halogens is 2. The Kier molecular flexibility index (Phi) is 6.57. The molecule has 3 N–H and O–H groups in total. The summed E-state index contributed by atoms with van der Waals surface area (Å²) in [5.41, 5.74) is 9.91. The van der Waals surface area contributed by atoms with E-state index in [1.54, 1.807) is 12.1 Å². The number of ether oxygens (including phenoxy) is 1. The molecule has 6 heteroatoms. The highest BCUT2D eigenvalue weighted by Crippen LogP contribution is 2.31. The molecule has 0 radical (unpaired) electrons. The Labute approximate surface area is 159 Å². The smallest absolute Gasteiger partial charge is 0.258 e. The maximum absolute atomic E-state index is 12.3. The normalized spacial score (nSPS) is 15.7. The number of carbonyl (C=O) groups is 1. The summed E-state index contributed by atoms with van der Waals surface area (Å²) in [4.78, 5) is 12.3. The molecule has 2 aromatic carbocycles. The Bertz CT molecular complexity index is 765. The van der Waals surface area contributed by atoms with Crippen LogP contribution in [0.3, 0.4) is 0 Å².